The van der Waals surface area contributed by atoms with Crippen LogP contribution in [-0.2, 0) is 6.54 Å². The van der Waals surface area contributed by atoms with E-state index in [1.807, 2.05) is 12.3 Å². The van der Waals surface area contributed by atoms with Crippen molar-refractivity contribution in [2.45, 2.75) is 37.9 Å². The molecule has 4 heteroatoms. The average molecular weight is 247 g/mol. The molecule has 1 aliphatic carbocycles. The second-order valence-corrected chi connectivity index (χ2v) is 5.37. The Kier molecular flexibility index (Phi) is 3.48. The van der Waals surface area contributed by atoms with Crippen molar-refractivity contribution in [2.75, 3.05) is 20.2 Å². The second kappa shape index (κ2) is 5.24. The summed E-state index contributed by atoms with van der Waals surface area (Å²) in [6.45, 7) is 3.36. The van der Waals surface area contributed by atoms with Crippen LogP contribution in [0.25, 0.3) is 0 Å². The fraction of sp³-hybridized carbons (Fsp3) is 0.643. The minimum atomic E-state index is 0.688. The zero-order valence-corrected chi connectivity index (χ0v) is 10.9. The van der Waals surface area contributed by atoms with Crippen LogP contribution in [-0.4, -0.2) is 42.2 Å². The molecule has 2 fully saturated rings. The zero-order valence-electron chi connectivity index (χ0n) is 10.9. The number of pyridine rings is 1. The van der Waals surface area contributed by atoms with E-state index in [-0.39, 0.29) is 0 Å². The van der Waals surface area contributed by atoms with Crippen LogP contribution in [0.5, 0.6) is 5.88 Å². The Hall–Kier alpha value is -1.13. The van der Waals surface area contributed by atoms with Crippen LogP contribution in [0.1, 0.15) is 24.8 Å². The summed E-state index contributed by atoms with van der Waals surface area (Å²) in [6.07, 6.45) is 5.94. The van der Waals surface area contributed by atoms with E-state index < -0.39 is 0 Å². The minimum Gasteiger partial charge on any atom is -0.481 e. The lowest BCUT2D eigenvalue weighted by molar-refractivity contribution is 0.318. The van der Waals surface area contributed by atoms with Gasteiger partial charge in [0.15, 0.2) is 0 Å². The van der Waals surface area contributed by atoms with E-state index in [9.17, 15) is 0 Å². The molecule has 1 saturated heterocycles. The number of hydrogen-bond acceptors (Lipinski definition) is 4. The number of aromatic nitrogens is 1. The maximum Gasteiger partial charge on any atom is 0.212 e. The lowest BCUT2D eigenvalue weighted by Gasteiger charge is -2.16. The topological polar surface area (TPSA) is 37.4 Å². The molecular formula is C14H21N3O. The largest absolute Gasteiger partial charge is 0.481 e. The van der Waals surface area contributed by atoms with Gasteiger partial charge in [0.05, 0.1) is 7.11 Å². The molecule has 0 radical (unpaired) electrons. The van der Waals surface area contributed by atoms with Gasteiger partial charge in [-0.1, -0.05) is 6.07 Å². The van der Waals surface area contributed by atoms with Crippen LogP contribution < -0.4 is 10.1 Å². The number of nitrogens with one attached hydrogen (secondary N) is 1. The SMILES string of the molecule is COc1ccc(CN2CCC(NC3CC3)C2)cn1. The van der Waals surface area contributed by atoms with Crippen molar-refractivity contribution < 1.29 is 4.74 Å². The molecule has 1 unspecified atom stereocenters. The van der Waals surface area contributed by atoms with Crippen LogP contribution in [0.4, 0.5) is 0 Å². The van der Waals surface area contributed by atoms with Crippen molar-refractivity contribution >= 4 is 0 Å². The lowest BCUT2D eigenvalue weighted by Crippen LogP contribution is -2.33. The molecule has 4 nitrogen and oxygen atoms in total. The Morgan fingerprint density at radius 2 is 2.22 bits per heavy atom. The predicted octanol–water partition coefficient (Wildman–Crippen LogP) is 1.42. The van der Waals surface area contributed by atoms with Gasteiger partial charge in [0.25, 0.3) is 0 Å². The number of ether oxygens (including phenoxy) is 1. The Morgan fingerprint density at radius 1 is 1.33 bits per heavy atom. The average Bonchev–Trinajstić information content (AvgIpc) is 3.10. The maximum absolute atomic E-state index is 5.07. The second-order valence-electron chi connectivity index (χ2n) is 5.37. The highest BCUT2D eigenvalue weighted by atomic mass is 16.5. The van der Waals surface area contributed by atoms with Crippen molar-refractivity contribution in [3.05, 3.63) is 23.9 Å². The third kappa shape index (κ3) is 3.00. The molecule has 1 saturated carbocycles. The van der Waals surface area contributed by atoms with Crippen molar-refractivity contribution in [3.63, 3.8) is 0 Å². The molecule has 0 aromatic carbocycles. The van der Waals surface area contributed by atoms with Gasteiger partial charge in [0.1, 0.15) is 0 Å². The van der Waals surface area contributed by atoms with E-state index in [0.29, 0.717) is 11.9 Å². The summed E-state index contributed by atoms with van der Waals surface area (Å²) in [5.74, 6) is 0.688. The van der Waals surface area contributed by atoms with E-state index in [2.05, 4.69) is 21.3 Å². The summed E-state index contributed by atoms with van der Waals surface area (Å²) in [4.78, 5) is 6.76. The van der Waals surface area contributed by atoms with Gasteiger partial charge in [-0.25, -0.2) is 4.98 Å². The monoisotopic (exact) mass is 247 g/mol. The zero-order chi connectivity index (χ0) is 12.4. The van der Waals surface area contributed by atoms with Crippen LogP contribution in [0.3, 0.4) is 0 Å². The van der Waals surface area contributed by atoms with Gasteiger partial charge in [-0.15, -0.1) is 0 Å². The van der Waals surface area contributed by atoms with E-state index in [1.54, 1.807) is 7.11 Å². The van der Waals surface area contributed by atoms with Crippen molar-refractivity contribution in [3.8, 4) is 5.88 Å². The number of methoxy groups -OCH3 is 1. The van der Waals surface area contributed by atoms with Gasteiger partial charge in [-0.3, -0.25) is 4.90 Å². The summed E-state index contributed by atoms with van der Waals surface area (Å²) in [5.41, 5.74) is 1.27. The fourth-order valence-corrected chi connectivity index (χ4v) is 2.58. The number of rotatable bonds is 5. The molecule has 1 aromatic heterocycles. The molecule has 1 atom stereocenters. The van der Waals surface area contributed by atoms with E-state index >= 15 is 0 Å². The quantitative estimate of drug-likeness (QED) is 0.854. The Morgan fingerprint density at radius 3 is 2.89 bits per heavy atom. The van der Waals surface area contributed by atoms with Crippen molar-refractivity contribution in [1.82, 2.24) is 15.2 Å². The summed E-state index contributed by atoms with van der Waals surface area (Å²) < 4.78 is 5.07. The molecular weight excluding hydrogens is 226 g/mol. The van der Waals surface area contributed by atoms with Gasteiger partial charge in [0, 0.05) is 44.0 Å². The highest BCUT2D eigenvalue weighted by Gasteiger charge is 2.28. The first kappa shape index (κ1) is 11.9. The molecule has 3 rings (SSSR count). The maximum atomic E-state index is 5.07. The fourth-order valence-electron chi connectivity index (χ4n) is 2.58. The van der Waals surface area contributed by atoms with Gasteiger partial charge in [-0.05, 0) is 24.8 Å². The van der Waals surface area contributed by atoms with Gasteiger partial charge < -0.3 is 10.1 Å². The molecule has 1 aliphatic heterocycles. The lowest BCUT2D eigenvalue weighted by atomic mass is 10.2. The van der Waals surface area contributed by atoms with E-state index in [1.165, 1.54) is 37.9 Å². The molecule has 1 N–H and O–H groups in total. The summed E-state index contributed by atoms with van der Waals surface area (Å²) >= 11 is 0. The molecule has 1 aromatic rings. The Bertz CT molecular complexity index is 389. The Labute approximate surface area is 108 Å². The molecule has 0 amide bonds. The highest BCUT2D eigenvalue weighted by molar-refractivity contribution is 5.17. The first-order chi connectivity index (χ1) is 8.83. The van der Waals surface area contributed by atoms with Gasteiger partial charge in [0.2, 0.25) is 5.88 Å². The van der Waals surface area contributed by atoms with Gasteiger partial charge >= 0.3 is 0 Å². The Balaban J connectivity index is 1.49. The third-order valence-electron chi connectivity index (χ3n) is 3.73. The van der Waals surface area contributed by atoms with E-state index in [4.69, 9.17) is 4.74 Å². The number of hydrogen-bond donors (Lipinski definition) is 1. The molecule has 2 heterocycles. The summed E-state index contributed by atoms with van der Waals surface area (Å²) in [7, 11) is 1.65. The normalized spacial score (nSPS) is 24.4. The first-order valence-electron chi connectivity index (χ1n) is 6.81. The van der Waals surface area contributed by atoms with Crippen LogP contribution >= 0.6 is 0 Å². The highest BCUT2D eigenvalue weighted by Crippen LogP contribution is 2.22. The minimum absolute atomic E-state index is 0.688. The molecule has 2 aliphatic rings. The smallest absolute Gasteiger partial charge is 0.212 e. The predicted molar refractivity (Wildman–Crippen MR) is 70.6 cm³/mol. The van der Waals surface area contributed by atoms with Crippen LogP contribution in [0.2, 0.25) is 0 Å². The summed E-state index contributed by atoms with van der Waals surface area (Å²) in [5, 5.41) is 3.71. The molecule has 0 bridgehead atoms. The number of nitrogens with zero attached hydrogens (tertiary/aromatic N) is 2. The van der Waals surface area contributed by atoms with Gasteiger partial charge in [-0.2, -0.15) is 0 Å². The third-order valence-corrected chi connectivity index (χ3v) is 3.73. The van der Waals surface area contributed by atoms with Crippen molar-refractivity contribution in [2.24, 2.45) is 0 Å². The van der Waals surface area contributed by atoms with Crippen LogP contribution in [0, 0.1) is 0 Å². The van der Waals surface area contributed by atoms with Crippen molar-refractivity contribution in [1.29, 1.82) is 0 Å². The van der Waals surface area contributed by atoms with E-state index in [0.717, 1.165) is 12.6 Å². The first-order valence-corrected chi connectivity index (χ1v) is 6.81. The number of likely N-dealkylation sites (tertiary alicyclic amines) is 1. The molecule has 18 heavy (non-hydrogen) atoms. The standard InChI is InChI=1S/C14H21N3O/c1-18-14-5-2-11(8-15-14)9-17-7-6-13(10-17)16-12-3-4-12/h2,5,8,12-13,16H,3-4,6-7,9-10H2,1H3. The molecule has 98 valence electrons. The van der Waals surface area contributed by atoms with Crippen LogP contribution in [0.15, 0.2) is 18.3 Å². The molecule has 0 spiro atoms. The summed E-state index contributed by atoms with van der Waals surface area (Å²) in [6, 6.07) is 5.56.